The second-order valence-corrected chi connectivity index (χ2v) is 8.17. The van der Waals surface area contributed by atoms with Gasteiger partial charge in [0.15, 0.2) is 0 Å². The molecule has 3 rings (SSSR count). The van der Waals surface area contributed by atoms with Gasteiger partial charge in [-0.05, 0) is 29.3 Å². The average Bonchev–Trinajstić information content (AvgIpc) is 2.95. The molecule has 196 valence electrons. The number of rotatable bonds is 11. The third-order valence-corrected chi connectivity index (χ3v) is 5.32. The third kappa shape index (κ3) is 9.27. The number of para-hydroxylation sites is 1. The summed E-state index contributed by atoms with van der Waals surface area (Å²) in [7, 11) is 1.15. The van der Waals surface area contributed by atoms with E-state index in [9.17, 15) is 19.2 Å². The van der Waals surface area contributed by atoms with E-state index in [1.54, 1.807) is 48.5 Å². The third-order valence-electron chi connectivity index (χ3n) is 5.32. The van der Waals surface area contributed by atoms with Crippen LogP contribution in [0.5, 0.6) is 0 Å². The monoisotopic (exact) mass is 515 g/mol. The molecule has 38 heavy (non-hydrogen) atoms. The van der Waals surface area contributed by atoms with Gasteiger partial charge in [-0.3, -0.25) is 14.9 Å². The van der Waals surface area contributed by atoms with Gasteiger partial charge < -0.3 is 20.1 Å². The first-order chi connectivity index (χ1) is 18.4. The summed E-state index contributed by atoms with van der Waals surface area (Å²) >= 11 is 0. The van der Waals surface area contributed by atoms with Crippen molar-refractivity contribution in [3.63, 3.8) is 0 Å². The maximum atomic E-state index is 13.0. The summed E-state index contributed by atoms with van der Waals surface area (Å²) in [6.07, 6.45) is 0.283. The van der Waals surface area contributed by atoms with Crippen LogP contribution in [0.2, 0.25) is 0 Å². The fraction of sp³-hybridized carbons (Fsp3) is 0.172. The van der Waals surface area contributed by atoms with Gasteiger partial charge in [0, 0.05) is 18.5 Å². The van der Waals surface area contributed by atoms with Crippen molar-refractivity contribution in [1.29, 1.82) is 0 Å². The van der Waals surface area contributed by atoms with Crippen LogP contribution in [0.4, 0.5) is 10.5 Å². The minimum Gasteiger partial charge on any atom is -0.464 e. The topological polar surface area (TPSA) is 123 Å². The molecule has 0 spiro atoms. The highest BCUT2D eigenvalue weighted by Crippen LogP contribution is 2.10. The van der Waals surface area contributed by atoms with Gasteiger partial charge in [-0.1, -0.05) is 78.9 Å². The molecule has 0 radical (unpaired) electrons. The second kappa shape index (κ2) is 14.6. The lowest BCUT2D eigenvalue weighted by atomic mass is 10.0. The second-order valence-electron chi connectivity index (χ2n) is 8.17. The van der Waals surface area contributed by atoms with Gasteiger partial charge in [-0.2, -0.15) is 0 Å². The number of carbonyl (C=O) groups excluding carboxylic acids is 4. The predicted octanol–water partition coefficient (Wildman–Crippen LogP) is 3.73. The number of hydrogen-bond donors (Lipinski definition) is 3. The average molecular weight is 516 g/mol. The zero-order chi connectivity index (χ0) is 27.2. The summed E-state index contributed by atoms with van der Waals surface area (Å²) in [4.78, 5) is 50.1. The number of carbonyl (C=O) groups is 4. The molecule has 0 heterocycles. The Labute approximate surface area is 220 Å². The van der Waals surface area contributed by atoms with Crippen LogP contribution in [0, 0.1) is 0 Å². The summed E-state index contributed by atoms with van der Waals surface area (Å²) in [5, 5.41) is 7.81. The van der Waals surface area contributed by atoms with Crippen LogP contribution in [0.15, 0.2) is 103 Å². The Balaban J connectivity index is 1.64. The number of alkyl carbamates (subject to hydrolysis) is 1. The fourth-order valence-electron chi connectivity index (χ4n) is 3.42. The summed E-state index contributed by atoms with van der Waals surface area (Å²) in [5.41, 5.74) is 1.96. The molecule has 3 aromatic rings. The zero-order valence-electron chi connectivity index (χ0n) is 20.9. The van der Waals surface area contributed by atoms with Crippen molar-refractivity contribution in [3.05, 3.63) is 114 Å². The lowest BCUT2D eigenvalue weighted by Gasteiger charge is -2.18. The van der Waals surface area contributed by atoms with Crippen LogP contribution in [0.3, 0.4) is 0 Å². The van der Waals surface area contributed by atoms with Crippen molar-refractivity contribution in [1.82, 2.24) is 10.6 Å². The van der Waals surface area contributed by atoms with Gasteiger partial charge in [-0.25, -0.2) is 9.59 Å². The van der Waals surface area contributed by atoms with Gasteiger partial charge in [0.2, 0.25) is 11.8 Å². The molecule has 0 aromatic heterocycles. The van der Waals surface area contributed by atoms with Crippen molar-refractivity contribution >= 4 is 29.6 Å². The van der Waals surface area contributed by atoms with E-state index in [2.05, 4.69) is 16.0 Å². The maximum Gasteiger partial charge on any atom is 0.412 e. The molecule has 3 N–H and O–H groups in total. The quantitative estimate of drug-likeness (QED) is 0.264. The molecule has 1 atom stereocenters. The highest BCUT2D eigenvalue weighted by Gasteiger charge is 2.22. The van der Waals surface area contributed by atoms with E-state index < -0.39 is 29.9 Å². The number of hydrogen-bond acceptors (Lipinski definition) is 6. The minimum atomic E-state index is -0.885. The number of ether oxygens (including phenoxy) is 2. The van der Waals surface area contributed by atoms with E-state index in [1.165, 1.54) is 6.08 Å². The molecule has 0 unspecified atom stereocenters. The van der Waals surface area contributed by atoms with Crippen LogP contribution in [-0.2, 0) is 36.9 Å². The van der Waals surface area contributed by atoms with Crippen molar-refractivity contribution in [2.45, 2.75) is 25.5 Å². The largest absolute Gasteiger partial charge is 0.464 e. The van der Waals surface area contributed by atoms with Crippen molar-refractivity contribution in [2.75, 3.05) is 12.4 Å². The Morgan fingerprint density at radius 1 is 0.816 bits per heavy atom. The lowest BCUT2D eigenvalue weighted by molar-refractivity contribution is -0.136. The summed E-state index contributed by atoms with van der Waals surface area (Å²) < 4.78 is 9.83. The smallest absolute Gasteiger partial charge is 0.412 e. The number of nitrogens with one attached hydrogen (secondary N) is 3. The van der Waals surface area contributed by atoms with Crippen LogP contribution in [0.1, 0.15) is 17.5 Å². The zero-order valence-corrected chi connectivity index (χ0v) is 20.9. The highest BCUT2D eigenvalue weighted by molar-refractivity contribution is 5.98. The van der Waals surface area contributed by atoms with E-state index in [0.29, 0.717) is 5.69 Å². The van der Waals surface area contributed by atoms with Crippen molar-refractivity contribution in [2.24, 2.45) is 0 Å². The molecular formula is C29H29N3O6. The van der Waals surface area contributed by atoms with E-state index in [4.69, 9.17) is 9.47 Å². The maximum absolute atomic E-state index is 13.0. The Morgan fingerprint density at radius 2 is 1.39 bits per heavy atom. The number of methoxy groups -OCH3 is 1. The van der Waals surface area contributed by atoms with E-state index in [0.717, 1.165) is 18.2 Å². The number of esters is 1. The predicted molar refractivity (Wildman–Crippen MR) is 142 cm³/mol. The first-order valence-electron chi connectivity index (χ1n) is 11.9. The van der Waals surface area contributed by atoms with Crippen LogP contribution in [-0.4, -0.2) is 37.0 Å². The molecule has 0 aliphatic rings. The molecule has 9 heteroatoms. The Morgan fingerprint density at radius 3 is 2.00 bits per heavy atom. The van der Waals surface area contributed by atoms with Gasteiger partial charge in [-0.15, -0.1) is 0 Å². The molecule has 3 aromatic carbocycles. The van der Waals surface area contributed by atoms with Gasteiger partial charge in [0.05, 0.1) is 7.11 Å². The van der Waals surface area contributed by atoms with Gasteiger partial charge >= 0.3 is 12.1 Å². The fourth-order valence-corrected chi connectivity index (χ4v) is 3.42. The molecule has 0 aliphatic carbocycles. The van der Waals surface area contributed by atoms with E-state index in [1.807, 2.05) is 42.5 Å². The molecule has 9 nitrogen and oxygen atoms in total. The van der Waals surface area contributed by atoms with Crippen LogP contribution >= 0.6 is 0 Å². The van der Waals surface area contributed by atoms with Crippen molar-refractivity contribution < 1.29 is 28.7 Å². The summed E-state index contributed by atoms with van der Waals surface area (Å²) in [6.45, 7) is -0.000691. The summed E-state index contributed by atoms with van der Waals surface area (Å²) in [6, 6.07) is 26.3. The normalized spacial score (nSPS) is 11.6. The first-order valence-corrected chi connectivity index (χ1v) is 11.9. The molecular weight excluding hydrogens is 486 g/mol. The van der Waals surface area contributed by atoms with Crippen LogP contribution in [0.25, 0.3) is 0 Å². The standard InChI is InChI=1S/C29H29N3O6/c1-37-28(35)24(32-29(36)38-20-22-13-7-3-8-14-22)17-18-26(33)31-25(19-21-11-5-2-6-12-21)27(34)30-23-15-9-4-10-16-23/h2-17,25H,18-20H2,1H3,(H,30,34)(H,31,33)(H,32,36)/b24-17-/t25-/m0/s1. The number of amides is 3. The lowest BCUT2D eigenvalue weighted by Crippen LogP contribution is -2.45. The Hall–Kier alpha value is -4.92. The van der Waals surface area contributed by atoms with Gasteiger partial charge in [0.25, 0.3) is 0 Å². The number of anilines is 1. The van der Waals surface area contributed by atoms with Crippen LogP contribution < -0.4 is 16.0 Å². The Bertz CT molecular complexity index is 1250. The molecule has 0 fully saturated rings. The number of benzene rings is 3. The molecule has 0 bridgehead atoms. The SMILES string of the molecule is COC(=O)/C(=C/CC(=O)N[C@@H](Cc1ccccc1)C(=O)Nc1ccccc1)NC(=O)OCc1ccccc1. The first kappa shape index (κ1) is 27.7. The molecule has 0 saturated carbocycles. The molecule has 0 aliphatic heterocycles. The van der Waals surface area contributed by atoms with Gasteiger partial charge in [0.1, 0.15) is 18.3 Å². The summed E-state index contributed by atoms with van der Waals surface area (Å²) in [5.74, 6) is -1.78. The highest BCUT2D eigenvalue weighted by atomic mass is 16.6. The minimum absolute atomic E-state index is 0.000691. The van der Waals surface area contributed by atoms with E-state index in [-0.39, 0.29) is 25.1 Å². The molecule has 0 saturated heterocycles. The van der Waals surface area contributed by atoms with E-state index >= 15 is 0 Å². The molecule has 3 amide bonds. The van der Waals surface area contributed by atoms with Crippen molar-refractivity contribution in [3.8, 4) is 0 Å². The Kier molecular flexibility index (Phi) is 10.6.